The molecule has 1 aromatic heterocycles. The Kier molecular flexibility index (Phi) is 6.07. The van der Waals surface area contributed by atoms with Gasteiger partial charge in [0.15, 0.2) is 5.11 Å². The molecule has 0 spiro atoms. The number of aromatic nitrogens is 1. The van der Waals surface area contributed by atoms with Crippen molar-refractivity contribution < 1.29 is 0 Å². The number of nitrogens with zero attached hydrogens (tertiary/aromatic N) is 2. The Morgan fingerprint density at radius 3 is 2.65 bits per heavy atom. The molecular weight excluding hydrogens is 304 g/mol. The van der Waals surface area contributed by atoms with E-state index in [0.29, 0.717) is 5.11 Å². The van der Waals surface area contributed by atoms with Gasteiger partial charge in [0.05, 0.1) is 6.04 Å². The zero-order valence-corrected chi connectivity index (χ0v) is 14.9. The molecule has 0 aliphatic carbocycles. The van der Waals surface area contributed by atoms with Gasteiger partial charge < -0.3 is 15.5 Å². The second-order valence-electron chi connectivity index (χ2n) is 5.85. The number of hydrogen-bond acceptors (Lipinski definition) is 3. The molecule has 0 fully saturated rings. The minimum Gasteiger partial charge on any atom is -0.361 e. The molecule has 0 amide bonds. The summed E-state index contributed by atoms with van der Waals surface area (Å²) in [5, 5.41) is 7.23. The van der Waals surface area contributed by atoms with Crippen LogP contribution in [0, 0.1) is 13.8 Å². The van der Waals surface area contributed by atoms with E-state index in [1.807, 2.05) is 24.4 Å². The Hall–Kier alpha value is -1.98. The molecular formula is C18H24N4S. The highest BCUT2D eigenvalue weighted by molar-refractivity contribution is 7.80. The van der Waals surface area contributed by atoms with Gasteiger partial charge in [0, 0.05) is 24.6 Å². The maximum atomic E-state index is 5.44. The number of hydrogen-bond donors (Lipinski definition) is 2. The Balaban J connectivity index is 1.98. The lowest BCUT2D eigenvalue weighted by atomic mass is 10.1. The number of pyridine rings is 1. The molecule has 4 nitrogen and oxygen atoms in total. The summed E-state index contributed by atoms with van der Waals surface area (Å²) in [6, 6.07) is 10.4. The van der Waals surface area contributed by atoms with E-state index in [9.17, 15) is 0 Å². The summed E-state index contributed by atoms with van der Waals surface area (Å²) in [6.07, 6.45) is 3.68. The summed E-state index contributed by atoms with van der Waals surface area (Å²) in [7, 11) is 4.11. The summed E-state index contributed by atoms with van der Waals surface area (Å²) < 4.78 is 0. The minimum atomic E-state index is 0.210. The number of nitrogens with one attached hydrogen (secondary N) is 2. The molecule has 23 heavy (non-hydrogen) atoms. The van der Waals surface area contributed by atoms with Crippen LogP contribution in [-0.4, -0.2) is 35.6 Å². The third-order valence-corrected chi connectivity index (χ3v) is 4.25. The zero-order chi connectivity index (χ0) is 16.8. The Bertz CT molecular complexity index is 655. The maximum absolute atomic E-state index is 5.44. The molecule has 1 aromatic carbocycles. The van der Waals surface area contributed by atoms with E-state index in [4.69, 9.17) is 12.2 Å². The Labute approximate surface area is 143 Å². The van der Waals surface area contributed by atoms with Crippen molar-refractivity contribution in [3.63, 3.8) is 0 Å². The smallest absolute Gasteiger partial charge is 0.170 e. The molecule has 2 rings (SSSR count). The van der Waals surface area contributed by atoms with Crippen molar-refractivity contribution >= 4 is 23.0 Å². The quantitative estimate of drug-likeness (QED) is 0.824. The molecule has 2 N–H and O–H groups in total. The highest BCUT2D eigenvalue weighted by Gasteiger charge is 2.14. The predicted octanol–water partition coefficient (Wildman–Crippen LogP) is 3.29. The van der Waals surface area contributed by atoms with Crippen LogP contribution in [0.3, 0.4) is 0 Å². The standard InChI is InChI=1S/C18H24N4S/c1-13-7-5-9-16(14(13)2)21-18(23)20-12-17(22(3)4)15-8-6-10-19-11-15/h5-11,17H,12H2,1-4H3,(H2,20,21,23)/t17-/m1/s1. The van der Waals surface area contributed by atoms with E-state index in [2.05, 4.69) is 60.6 Å². The minimum absolute atomic E-state index is 0.210. The fraction of sp³-hybridized carbons (Fsp3) is 0.333. The van der Waals surface area contributed by atoms with Crippen LogP contribution in [0.15, 0.2) is 42.7 Å². The van der Waals surface area contributed by atoms with Crippen molar-refractivity contribution in [2.24, 2.45) is 0 Å². The molecule has 5 heteroatoms. The second-order valence-corrected chi connectivity index (χ2v) is 6.26. The first-order chi connectivity index (χ1) is 11.0. The highest BCUT2D eigenvalue weighted by Crippen LogP contribution is 2.18. The molecule has 1 heterocycles. The van der Waals surface area contributed by atoms with E-state index in [0.717, 1.165) is 12.2 Å². The number of rotatable bonds is 5. The molecule has 0 bridgehead atoms. The summed E-state index contributed by atoms with van der Waals surface area (Å²) in [4.78, 5) is 6.36. The summed E-state index contributed by atoms with van der Waals surface area (Å²) in [5.41, 5.74) is 4.68. The highest BCUT2D eigenvalue weighted by atomic mass is 32.1. The first-order valence-corrected chi connectivity index (χ1v) is 8.07. The number of likely N-dealkylation sites (N-methyl/N-ethyl adjacent to an activating group) is 1. The van der Waals surface area contributed by atoms with E-state index < -0.39 is 0 Å². The van der Waals surface area contributed by atoms with E-state index >= 15 is 0 Å². The van der Waals surface area contributed by atoms with E-state index in [-0.39, 0.29) is 6.04 Å². The van der Waals surface area contributed by atoms with E-state index in [1.165, 1.54) is 16.7 Å². The van der Waals surface area contributed by atoms with Gasteiger partial charge >= 0.3 is 0 Å². The van der Waals surface area contributed by atoms with Crippen molar-refractivity contribution in [1.82, 2.24) is 15.2 Å². The van der Waals surface area contributed by atoms with Crippen molar-refractivity contribution in [1.29, 1.82) is 0 Å². The van der Waals surface area contributed by atoms with Crippen LogP contribution >= 0.6 is 12.2 Å². The van der Waals surface area contributed by atoms with Crippen LogP contribution in [0.1, 0.15) is 22.7 Å². The third-order valence-electron chi connectivity index (χ3n) is 4.00. The van der Waals surface area contributed by atoms with Crippen LogP contribution in [0.25, 0.3) is 0 Å². The number of thiocarbonyl (C=S) groups is 1. The van der Waals surface area contributed by atoms with Crippen LogP contribution < -0.4 is 10.6 Å². The lowest BCUT2D eigenvalue weighted by Gasteiger charge is -2.25. The van der Waals surface area contributed by atoms with Crippen molar-refractivity contribution in [3.8, 4) is 0 Å². The van der Waals surface area contributed by atoms with Crippen molar-refractivity contribution in [2.75, 3.05) is 26.0 Å². The Morgan fingerprint density at radius 1 is 1.22 bits per heavy atom. The number of benzene rings is 1. The van der Waals surface area contributed by atoms with Crippen molar-refractivity contribution in [2.45, 2.75) is 19.9 Å². The van der Waals surface area contributed by atoms with Crippen LogP contribution in [0.4, 0.5) is 5.69 Å². The van der Waals surface area contributed by atoms with Gasteiger partial charge in [0.2, 0.25) is 0 Å². The second kappa shape index (κ2) is 8.04. The number of anilines is 1. The zero-order valence-electron chi connectivity index (χ0n) is 14.1. The molecule has 122 valence electrons. The molecule has 2 aromatic rings. The largest absolute Gasteiger partial charge is 0.361 e. The summed E-state index contributed by atoms with van der Waals surface area (Å²) in [5.74, 6) is 0. The SMILES string of the molecule is Cc1cccc(NC(=S)NC[C@H](c2cccnc2)N(C)C)c1C. The normalized spacial score (nSPS) is 12.0. The van der Waals surface area contributed by atoms with Gasteiger partial charge in [-0.25, -0.2) is 0 Å². The van der Waals surface area contributed by atoms with Crippen LogP contribution in [0.2, 0.25) is 0 Å². The van der Waals surface area contributed by atoms with Gasteiger partial charge in [-0.2, -0.15) is 0 Å². The van der Waals surface area contributed by atoms with Gasteiger partial charge in [-0.3, -0.25) is 4.98 Å². The van der Waals surface area contributed by atoms with Crippen LogP contribution in [-0.2, 0) is 0 Å². The maximum Gasteiger partial charge on any atom is 0.170 e. The Morgan fingerprint density at radius 2 is 2.00 bits per heavy atom. The third kappa shape index (κ3) is 4.74. The molecule has 0 radical (unpaired) electrons. The summed E-state index contributed by atoms with van der Waals surface area (Å²) in [6.45, 7) is 4.91. The topological polar surface area (TPSA) is 40.2 Å². The van der Waals surface area contributed by atoms with Gasteiger partial charge in [-0.1, -0.05) is 18.2 Å². The first-order valence-electron chi connectivity index (χ1n) is 7.66. The molecule has 0 saturated carbocycles. The predicted molar refractivity (Wildman–Crippen MR) is 101 cm³/mol. The molecule has 0 saturated heterocycles. The lowest BCUT2D eigenvalue weighted by Crippen LogP contribution is -2.36. The van der Waals surface area contributed by atoms with Gasteiger partial charge in [0.1, 0.15) is 0 Å². The first kappa shape index (κ1) is 17.4. The lowest BCUT2D eigenvalue weighted by molar-refractivity contribution is 0.298. The average Bonchev–Trinajstić information content (AvgIpc) is 2.53. The number of aryl methyl sites for hydroxylation is 1. The molecule has 0 aliphatic rings. The monoisotopic (exact) mass is 328 g/mol. The molecule has 0 unspecified atom stereocenters. The van der Waals surface area contributed by atoms with Gasteiger partial charge in [-0.05, 0) is 69.0 Å². The fourth-order valence-electron chi connectivity index (χ4n) is 2.41. The van der Waals surface area contributed by atoms with Crippen LogP contribution in [0.5, 0.6) is 0 Å². The van der Waals surface area contributed by atoms with Gasteiger partial charge in [0.25, 0.3) is 0 Å². The average molecular weight is 328 g/mol. The summed E-state index contributed by atoms with van der Waals surface area (Å²) >= 11 is 5.44. The van der Waals surface area contributed by atoms with E-state index in [1.54, 1.807) is 6.20 Å². The fourth-order valence-corrected chi connectivity index (χ4v) is 2.61. The van der Waals surface area contributed by atoms with Gasteiger partial charge in [-0.15, -0.1) is 0 Å². The molecule has 1 atom stereocenters. The van der Waals surface area contributed by atoms with Crippen molar-refractivity contribution in [3.05, 3.63) is 59.4 Å². The molecule has 0 aliphatic heterocycles.